The van der Waals surface area contributed by atoms with Gasteiger partial charge in [0.1, 0.15) is 6.33 Å². The molecule has 0 aliphatic rings. The van der Waals surface area contributed by atoms with Crippen LogP contribution in [0.4, 0.5) is 5.69 Å². The number of benzene rings is 1. The number of aromatic nitrogens is 6. The van der Waals surface area contributed by atoms with E-state index in [1.54, 1.807) is 10.9 Å². The van der Waals surface area contributed by atoms with Crippen LogP contribution in [0.25, 0.3) is 5.69 Å². The fourth-order valence-electron chi connectivity index (χ4n) is 2.66. The minimum Gasteiger partial charge on any atom is -0.322 e. The number of nitrogens with zero attached hydrogens (tertiary/aromatic N) is 6. The van der Waals surface area contributed by atoms with Crippen LogP contribution >= 0.6 is 0 Å². The van der Waals surface area contributed by atoms with Crippen molar-refractivity contribution in [3.63, 3.8) is 0 Å². The summed E-state index contributed by atoms with van der Waals surface area (Å²) < 4.78 is 3.45. The lowest BCUT2D eigenvalue weighted by Crippen LogP contribution is -2.14. The van der Waals surface area contributed by atoms with Crippen LogP contribution in [-0.4, -0.2) is 35.9 Å². The molecular formula is C17H21N7O. The number of rotatable bonds is 5. The number of anilines is 1. The number of tetrazole rings is 1. The van der Waals surface area contributed by atoms with Gasteiger partial charge in [-0.1, -0.05) is 13.8 Å². The zero-order chi connectivity index (χ0) is 18.0. The first-order valence-corrected chi connectivity index (χ1v) is 8.13. The van der Waals surface area contributed by atoms with Crippen LogP contribution in [0.5, 0.6) is 0 Å². The molecule has 8 nitrogen and oxygen atoms in total. The smallest absolute Gasteiger partial charge is 0.259 e. The van der Waals surface area contributed by atoms with Crippen molar-refractivity contribution >= 4 is 11.6 Å². The van der Waals surface area contributed by atoms with Gasteiger partial charge >= 0.3 is 0 Å². The molecule has 3 rings (SSSR count). The van der Waals surface area contributed by atoms with Gasteiger partial charge in [0, 0.05) is 17.9 Å². The van der Waals surface area contributed by atoms with Gasteiger partial charge in [0.2, 0.25) is 0 Å². The third-order valence-corrected chi connectivity index (χ3v) is 3.94. The van der Waals surface area contributed by atoms with Crippen molar-refractivity contribution in [3.05, 3.63) is 47.5 Å². The van der Waals surface area contributed by atoms with Gasteiger partial charge in [-0.25, -0.2) is 4.68 Å². The molecule has 0 aliphatic carbocycles. The van der Waals surface area contributed by atoms with Crippen molar-refractivity contribution in [3.8, 4) is 5.69 Å². The number of hydrogen-bond acceptors (Lipinski definition) is 5. The van der Waals surface area contributed by atoms with Gasteiger partial charge in [-0.2, -0.15) is 5.10 Å². The van der Waals surface area contributed by atoms with E-state index in [1.807, 2.05) is 36.7 Å². The van der Waals surface area contributed by atoms with E-state index < -0.39 is 0 Å². The second-order valence-corrected chi connectivity index (χ2v) is 6.43. The van der Waals surface area contributed by atoms with Gasteiger partial charge in [-0.05, 0) is 54.0 Å². The van der Waals surface area contributed by atoms with Crippen LogP contribution in [-0.2, 0) is 6.54 Å². The predicted octanol–water partition coefficient (Wildman–Crippen LogP) is 2.38. The molecule has 0 saturated carbocycles. The minimum absolute atomic E-state index is 0.165. The number of amides is 1. The minimum atomic E-state index is -0.165. The Bertz CT molecular complexity index is 881. The van der Waals surface area contributed by atoms with Crippen LogP contribution in [0.1, 0.15) is 35.5 Å². The molecule has 1 aromatic carbocycles. The van der Waals surface area contributed by atoms with Crippen molar-refractivity contribution in [2.45, 2.75) is 34.2 Å². The van der Waals surface area contributed by atoms with Crippen molar-refractivity contribution in [1.29, 1.82) is 0 Å². The first kappa shape index (κ1) is 16.8. The summed E-state index contributed by atoms with van der Waals surface area (Å²) in [7, 11) is 0. The number of hydrogen-bond donors (Lipinski definition) is 1. The van der Waals surface area contributed by atoms with Gasteiger partial charge < -0.3 is 5.32 Å². The molecule has 0 aliphatic heterocycles. The van der Waals surface area contributed by atoms with Crippen molar-refractivity contribution < 1.29 is 4.79 Å². The normalized spacial score (nSPS) is 11.1. The summed E-state index contributed by atoms with van der Waals surface area (Å²) in [6.45, 7) is 8.89. The maximum atomic E-state index is 12.6. The molecule has 0 radical (unpaired) electrons. The first-order chi connectivity index (χ1) is 12.0. The van der Waals surface area contributed by atoms with Crippen molar-refractivity contribution in [2.75, 3.05) is 5.32 Å². The Morgan fingerprint density at radius 2 is 2.08 bits per heavy atom. The Labute approximate surface area is 145 Å². The molecule has 2 aromatic heterocycles. The van der Waals surface area contributed by atoms with Gasteiger partial charge in [0.25, 0.3) is 5.91 Å². The van der Waals surface area contributed by atoms with Crippen LogP contribution in [0.15, 0.2) is 30.7 Å². The van der Waals surface area contributed by atoms with E-state index in [2.05, 4.69) is 39.8 Å². The molecule has 0 fully saturated rings. The second kappa shape index (κ2) is 6.84. The van der Waals surface area contributed by atoms with Crippen LogP contribution < -0.4 is 5.32 Å². The Morgan fingerprint density at radius 3 is 2.72 bits per heavy atom. The van der Waals surface area contributed by atoms with E-state index >= 15 is 0 Å². The maximum absolute atomic E-state index is 12.6. The monoisotopic (exact) mass is 339 g/mol. The zero-order valence-corrected chi connectivity index (χ0v) is 14.8. The maximum Gasteiger partial charge on any atom is 0.259 e. The van der Waals surface area contributed by atoms with Crippen LogP contribution in [0, 0.1) is 19.8 Å². The zero-order valence-electron chi connectivity index (χ0n) is 14.8. The van der Waals surface area contributed by atoms with Gasteiger partial charge in [-0.15, -0.1) is 5.10 Å². The number of nitrogens with one attached hydrogen (secondary N) is 1. The first-order valence-electron chi connectivity index (χ1n) is 8.13. The highest BCUT2D eigenvalue weighted by Gasteiger charge is 2.15. The molecule has 1 N–H and O–H groups in total. The molecule has 0 atom stereocenters. The average Bonchev–Trinajstić information content (AvgIpc) is 3.18. The third kappa shape index (κ3) is 3.57. The molecule has 8 heteroatoms. The fourth-order valence-corrected chi connectivity index (χ4v) is 2.66. The average molecular weight is 339 g/mol. The lowest BCUT2D eigenvalue weighted by atomic mass is 10.1. The van der Waals surface area contributed by atoms with Gasteiger partial charge in [-0.3, -0.25) is 9.48 Å². The quantitative estimate of drug-likeness (QED) is 0.771. The molecule has 25 heavy (non-hydrogen) atoms. The van der Waals surface area contributed by atoms with E-state index in [9.17, 15) is 4.79 Å². The van der Waals surface area contributed by atoms with Gasteiger partial charge in [0.05, 0.1) is 17.4 Å². The Balaban J connectivity index is 1.77. The number of aryl methyl sites for hydroxylation is 1. The number of carbonyl (C=O) groups excluding carboxylic acids is 1. The van der Waals surface area contributed by atoms with Crippen molar-refractivity contribution in [2.24, 2.45) is 5.92 Å². The highest BCUT2D eigenvalue weighted by Crippen LogP contribution is 2.19. The summed E-state index contributed by atoms with van der Waals surface area (Å²) >= 11 is 0. The molecule has 1 amide bonds. The van der Waals surface area contributed by atoms with Crippen molar-refractivity contribution in [1.82, 2.24) is 30.0 Å². The summed E-state index contributed by atoms with van der Waals surface area (Å²) in [6, 6.07) is 5.59. The Morgan fingerprint density at radius 1 is 1.28 bits per heavy atom. The molecule has 0 bridgehead atoms. The highest BCUT2D eigenvalue weighted by atomic mass is 16.1. The topological polar surface area (TPSA) is 90.5 Å². The highest BCUT2D eigenvalue weighted by molar-refractivity contribution is 6.05. The summed E-state index contributed by atoms with van der Waals surface area (Å²) in [6.07, 6.45) is 3.16. The molecule has 0 unspecified atom stereocenters. The molecule has 0 saturated heterocycles. The van der Waals surface area contributed by atoms with Crippen LogP contribution in [0.2, 0.25) is 0 Å². The lowest BCUT2D eigenvalue weighted by Gasteiger charge is -2.10. The Kier molecular flexibility index (Phi) is 4.60. The fraction of sp³-hybridized carbons (Fsp3) is 0.353. The second-order valence-electron chi connectivity index (χ2n) is 6.43. The largest absolute Gasteiger partial charge is 0.322 e. The summed E-state index contributed by atoms with van der Waals surface area (Å²) in [5, 5.41) is 18.4. The molecule has 3 aromatic rings. The Hall–Kier alpha value is -3.03. The standard InChI is InChI=1S/C17H21N7O/c1-11(2)9-23-13(4)15(8-19-23)17(25)20-14-5-6-16(12(3)7-14)24-10-18-21-22-24/h5-8,10-11H,9H2,1-4H3,(H,20,25). The molecule has 130 valence electrons. The van der Waals surface area contributed by atoms with E-state index in [4.69, 9.17) is 0 Å². The molecular weight excluding hydrogens is 318 g/mol. The SMILES string of the molecule is Cc1cc(NC(=O)c2cnn(CC(C)C)c2C)ccc1-n1cnnn1. The molecule has 2 heterocycles. The van der Waals surface area contributed by atoms with E-state index in [0.29, 0.717) is 11.5 Å². The van der Waals surface area contributed by atoms with Crippen LogP contribution in [0.3, 0.4) is 0 Å². The van der Waals surface area contributed by atoms with E-state index in [0.717, 1.165) is 29.2 Å². The third-order valence-electron chi connectivity index (χ3n) is 3.94. The number of carbonyl (C=O) groups is 1. The van der Waals surface area contributed by atoms with Gasteiger partial charge in [0.15, 0.2) is 0 Å². The summed E-state index contributed by atoms with van der Waals surface area (Å²) in [5.41, 5.74) is 3.99. The summed E-state index contributed by atoms with van der Waals surface area (Å²) in [5.74, 6) is 0.304. The lowest BCUT2D eigenvalue weighted by molar-refractivity contribution is 0.102. The predicted molar refractivity (Wildman–Crippen MR) is 93.6 cm³/mol. The van der Waals surface area contributed by atoms with E-state index in [-0.39, 0.29) is 5.91 Å². The molecule has 0 spiro atoms. The summed E-state index contributed by atoms with van der Waals surface area (Å²) in [4.78, 5) is 12.6. The van der Waals surface area contributed by atoms with E-state index in [1.165, 1.54) is 6.33 Å².